The average molecular weight is 311 g/mol. The number of hydrogen-bond donors (Lipinski definition) is 1. The Morgan fingerprint density at radius 3 is 2.17 bits per heavy atom. The van der Waals surface area contributed by atoms with Gasteiger partial charge in [-0.1, -0.05) is 30.3 Å². The van der Waals surface area contributed by atoms with Crippen molar-refractivity contribution in [1.29, 1.82) is 0 Å². The summed E-state index contributed by atoms with van der Waals surface area (Å²) in [6.45, 7) is 4.77. The average Bonchev–Trinajstić information content (AvgIpc) is 2.64. The van der Waals surface area contributed by atoms with Crippen LogP contribution in [0.25, 0.3) is 0 Å². The van der Waals surface area contributed by atoms with Crippen LogP contribution in [-0.2, 0) is 0 Å². The largest absolute Gasteiger partial charge is 0.497 e. The summed E-state index contributed by atoms with van der Waals surface area (Å²) in [6, 6.07) is 19.2. The van der Waals surface area contributed by atoms with Crippen LogP contribution in [0.1, 0.15) is 11.6 Å². The normalized spacial score (nSPS) is 17.0. The van der Waals surface area contributed by atoms with E-state index in [2.05, 4.69) is 52.3 Å². The zero-order valence-corrected chi connectivity index (χ0v) is 13.7. The van der Waals surface area contributed by atoms with Crippen LogP contribution in [0, 0.1) is 0 Å². The molecular weight excluding hydrogens is 286 g/mol. The van der Waals surface area contributed by atoms with E-state index in [9.17, 15) is 0 Å². The van der Waals surface area contributed by atoms with Gasteiger partial charge in [0, 0.05) is 44.5 Å². The fraction of sp³-hybridized carbons (Fsp3) is 0.368. The van der Waals surface area contributed by atoms with Crippen LogP contribution in [0.2, 0.25) is 0 Å². The molecule has 0 unspecified atom stereocenters. The molecule has 1 fully saturated rings. The molecule has 122 valence electrons. The van der Waals surface area contributed by atoms with Gasteiger partial charge in [-0.3, -0.25) is 4.90 Å². The highest BCUT2D eigenvalue weighted by Crippen LogP contribution is 2.25. The molecule has 0 saturated carbocycles. The van der Waals surface area contributed by atoms with Crippen LogP contribution < -0.4 is 15.4 Å². The van der Waals surface area contributed by atoms with Gasteiger partial charge in [0.25, 0.3) is 0 Å². The minimum atomic E-state index is 0.277. The first kappa shape index (κ1) is 15.8. The Bertz CT molecular complexity index is 592. The summed E-state index contributed by atoms with van der Waals surface area (Å²) < 4.78 is 5.24. The lowest BCUT2D eigenvalue weighted by molar-refractivity contribution is 0.190. The van der Waals surface area contributed by atoms with Gasteiger partial charge in [0.15, 0.2) is 0 Å². The molecule has 1 aliphatic heterocycles. The van der Waals surface area contributed by atoms with E-state index in [1.54, 1.807) is 7.11 Å². The van der Waals surface area contributed by atoms with E-state index in [-0.39, 0.29) is 6.04 Å². The summed E-state index contributed by atoms with van der Waals surface area (Å²) in [7, 11) is 1.69. The van der Waals surface area contributed by atoms with E-state index < -0.39 is 0 Å². The second kappa shape index (κ2) is 7.49. The summed E-state index contributed by atoms with van der Waals surface area (Å²) in [5.41, 5.74) is 8.64. The maximum absolute atomic E-state index is 6.07. The van der Waals surface area contributed by atoms with E-state index in [1.165, 1.54) is 11.3 Å². The molecule has 0 aromatic heterocycles. The minimum absolute atomic E-state index is 0.277. The summed E-state index contributed by atoms with van der Waals surface area (Å²) in [5, 5.41) is 0. The van der Waals surface area contributed by atoms with Crippen LogP contribution in [0.15, 0.2) is 54.6 Å². The summed E-state index contributed by atoms with van der Waals surface area (Å²) in [5.74, 6) is 0.887. The zero-order valence-electron chi connectivity index (χ0n) is 13.7. The topological polar surface area (TPSA) is 41.7 Å². The van der Waals surface area contributed by atoms with Crippen LogP contribution in [0.5, 0.6) is 5.75 Å². The Balaban J connectivity index is 1.65. The van der Waals surface area contributed by atoms with E-state index in [0.29, 0.717) is 6.54 Å². The molecule has 4 heteroatoms. The summed E-state index contributed by atoms with van der Waals surface area (Å²) >= 11 is 0. The molecule has 2 aromatic rings. The van der Waals surface area contributed by atoms with E-state index in [1.807, 2.05) is 12.1 Å². The lowest BCUT2D eigenvalue weighted by Gasteiger charge is -2.40. The third-order valence-corrected chi connectivity index (χ3v) is 4.60. The first-order valence-corrected chi connectivity index (χ1v) is 8.20. The smallest absolute Gasteiger partial charge is 0.118 e. The van der Waals surface area contributed by atoms with Gasteiger partial charge in [-0.15, -0.1) is 0 Å². The molecule has 1 heterocycles. The number of ether oxygens (including phenoxy) is 1. The molecule has 0 radical (unpaired) electrons. The van der Waals surface area contributed by atoms with Gasteiger partial charge in [-0.05, 0) is 29.8 Å². The maximum atomic E-state index is 6.07. The summed E-state index contributed by atoms with van der Waals surface area (Å²) in [4.78, 5) is 4.93. The molecule has 2 N–H and O–H groups in total. The standard InChI is InChI=1S/C19H25N3O/c1-23-18-9-7-16(8-10-18)19(15-20)22-13-11-21(12-14-22)17-5-3-2-4-6-17/h2-10,19H,11-15,20H2,1H3/t19-/m0/s1. The van der Waals surface area contributed by atoms with Gasteiger partial charge in [-0.25, -0.2) is 0 Å². The minimum Gasteiger partial charge on any atom is -0.497 e. The number of rotatable bonds is 5. The third kappa shape index (κ3) is 3.66. The Kier molecular flexibility index (Phi) is 5.16. The van der Waals surface area contributed by atoms with Gasteiger partial charge >= 0.3 is 0 Å². The second-order valence-electron chi connectivity index (χ2n) is 5.88. The van der Waals surface area contributed by atoms with Crippen LogP contribution >= 0.6 is 0 Å². The molecule has 1 atom stereocenters. The van der Waals surface area contributed by atoms with Crippen molar-refractivity contribution in [3.63, 3.8) is 0 Å². The molecule has 1 saturated heterocycles. The van der Waals surface area contributed by atoms with Crippen molar-refractivity contribution in [2.75, 3.05) is 44.7 Å². The number of methoxy groups -OCH3 is 1. The fourth-order valence-electron chi connectivity index (χ4n) is 3.25. The molecule has 0 bridgehead atoms. The van der Waals surface area contributed by atoms with E-state index in [4.69, 9.17) is 10.5 Å². The molecule has 1 aliphatic rings. The Morgan fingerprint density at radius 1 is 0.957 bits per heavy atom. The Labute approximate surface area is 138 Å². The highest BCUT2D eigenvalue weighted by atomic mass is 16.5. The third-order valence-electron chi connectivity index (χ3n) is 4.60. The lowest BCUT2D eigenvalue weighted by Crippen LogP contribution is -2.49. The van der Waals surface area contributed by atoms with Crippen molar-refractivity contribution in [3.05, 3.63) is 60.2 Å². The number of benzene rings is 2. The van der Waals surface area contributed by atoms with Crippen LogP contribution in [0.4, 0.5) is 5.69 Å². The van der Waals surface area contributed by atoms with Crippen molar-refractivity contribution < 1.29 is 4.74 Å². The van der Waals surface area contributed by atoms with Gasteiger partial charge in [0.1, 0.15) is 5.75 Å². The first-order chi connectivity index (χ1) is 11.3. The number of nitrogens with two attached hydrogens (primary N) is 1. The van der Waals surface area contributed by atoms with Gasteiger partial charge < -0.3 is 15.4 Å². The Hall–Kier alpha value is -2.04. The van der Waals surface area contributed by atoms with Gasteiger partial charge in [0.05, 0.1) is 7.11 Å². The SMILES string of the molecule is COc1ccc([C@H](CN)N2CCN(c3ccccc3)CC2)cc1. The van der Waals surface area contributed by atoms with Crippen molar-refractivity contribution in [2.24, 2.45) is 5.73 Å². The van der Waals surface area contributed by atoms with Crippen molar-refractivity contribution >= 4 is 5.69 Å². The molecule has 2 aromatic carbocycles. The molecule has 4 nitrogen and oxygen atoms in total. The van der Waals surface area contributed by atoms with Crippen LogP contribution in [0.3, 0.4) is 0 Å². The number of piperazine rings is 1. The predicted molar refractivity (Wildman–Crippen MR) is 95.0 cm³/mol. The first-order valence-electron chi connectivity index (χ1n) is 8.20. The number of para-hydroxylation sites is 1. The highest BCUT2D eigenvalue weighted by Gasteiger charge is 2.24. The van der Waals surface area contributed by atoms with Gasteiger partial charge in [0.2, 0.25) is 0 Å². The number of nitrogens with zero attached hydrogens (tertiary/aromatic N) is 2. The fourth-order valence-corrected chi connectivity index (χ4v) is 3.25. The maximum Gasteiger partial charge on any atom is 0.118 e. The van der Waals surface area contributed by atoms with E-state index >= 15 is 0 Å². The molecule has 23 heavy (non-hydrogen) atoms. The highest BCUT2D eigenvalue weighted by molar-refractivity contribution is 5.46. The van der Waals surface area contributed by atoms with Crippen molar-refractivity contribution in [1.82, 2.24) is 4.90 Å². The van der Waals surface area contributed by atoms with Crippen LogP contribution in [-0.4, -0.2) is 44.7 Å². The predicted octanol–water partition coefficient (Wildman–Crippen LogP) is 2.52. The van der Waals surface area contributed by atoms with Crippen molar-refractivity contribution in [3.8, 4) is 5.75 Å². The monoisotopic (exact) mass is 311 g/mol. The second-order valence-corrected chi connectivity index (χ2v) is 5.88. The zero-order chi connectivity index (χ0) is 16.1. The molecular formula is C19H25N3O. The number of hydrogen-bond acceptors (Lipinski definition) is 4. The summed E-state index contributed by atoms with van der Waals surface area (Å²) in [6.07, 6.45) is 0. The van der Waals surface area contributed by atoms with Crippen molar-refractivity contribution in [2.45, 2.75) is 6.04 Å². The molecule has 0 amide bonds. The quantitative estimate of drug-likeness (QED) is 0.921. The van der Waals surface area contributed by atoms with Gasteiger partial charge in [-0.2, -0.15) is 0 Å². The Morgan fingerprint density at radius 2 is 1.61 bits per heavy atom. The lowest BCUT2D eigenvalue weighted by atomic mass is 10.0. The molecule has 0 spiro atoms. The molecule has 3 rings (SSSR count). The van der Waals surface area contributed by atoms with E-state index in [0.717, 1.165) is 31.9 Å². The number of anilines is 1. The molecule has 0 aliphatic carbocycles.